The van der Waals surface area contributed by atoms with Gasteiger partial charge in [0.1, 0.15) is 12.4 Å². The van der Waals surface area contributed by atoms with Crippen LogP contribution in [0.5, 0.6) is 17.2 Å². The van der Waals surface area contributed by atoms with Crippen molar-refractivity contribution >= 4 is 29.1 Å². The van der Waals surface area contributed by atoms with Gasteiger partial charge in [-0.1, -0.05) is 49.2 Å². The topological polar surface area (TPSA) is 48.0 Å². The number of hydrogen-bond acceptors (Lipinski definition) is 4. The zero-order valence-corrected chi connectivity index (χ0v) is 21.8. The minimum absolute atomic E-state index is 0.171. The summed E-state index contributed by atoms with van der Waals surface area (Å²) < 4.78 is 17.3. The molecule has 0 saturated carbocycles. The number of rotatable bonds is 7. The van der Waals surface area contributed by atoms with Gasteiger partial charge in [-0.3, -0.25) is 4.79 Å². The van der Waals surface area contributed by atoms with Crippen LogP contribution in [0.3, 0.4) is 0 Å². The Morgan fingerprint density at radius 1 is 1.00 bits per heavy atom. The lowest BCUT2D eigenvalue weighted by atomic mass is 9.91. The van der Waals surface area contributed by atoms with Crippen LogP contribution in [0, 0.1) is 0 Å². The summed E-state index contributed by atoms with van der Waals surface area (Å²) in [6.07, 6.45) is 0.673. The summed E-state index contributed by atoms with van der Waals surface area (Å²) in [6, 6.07) is 16.6. The first-order chi connectivity index (χ1) is 16.8. The minimum Gasteiger partial charge on any atom is -0.493 e. The van der Waals surface area contributed by atoms with Crippen molar-refractivity contribution in [3.8, 4) is 17.2 Å². The fourth-order valence-electron chi connectivity index (χ4n) is 4.39. The summed E-state index contributed by atoms with van der Waals surface area (Å²) in [5.74, 6) is 2.29. The molecule has 0 radical (unpaired) electrons. The van der Waals surface area contributed by atoms with Crippen molar-refractivity contribution in [2.45, 2.75) is 32.2 Å². The SMILES string of the molecule is COc1cc2c(cc1OC)C(COc1ccc(C(C)C)cc1)N(C(=O)c1ccc(Cl)cc1Cl)CC2. The molecule has 0 fully saturated rings. The lowest BCUT2D eigenvalue weighted by molar-refractivity contribution is 0.0589. The Hall–Kier alpha value is -2.89. The number of methoxy groups -OCH3 is 2. The molecule has 0 aromatic heterocycles. The molecule has 1 heterocycles. The number of carbonyl (C=O) groups is 1. The summed E-state index contributed by atoms with van der Waals surface area (Å²) >= 11 is 12.5. The Morgan fingerprint density at radius 3 is 2.31 bits per heavy atom. The minimum atomic E-state index is -0.345. The molecule has 1 aliphatic rings. The molecule has 5 nitrogen and oxygen atoms in total. The van der Waals surface area contributed by atoms with Gasteiger partial charge in [-0.05, 0) is 71.5 Å². The molecule has 4 rings (SSSR count). The summed E-state index contributed by atoms with van der Waals surface area (Å²) in [7, 11) is 3.22. The first-order valence-electron chi connectivity index (χ1n) is 11.6. The van der Waals surface area contributed by atoms with Crippen molar-refractivity contribution in [1.29, 1.82) is 0 Å². The van der Waals surface area contributed by atoms with Gasteiger partial charge < -0.3 is 19.1 Å². The molecule has 0 bridgehead atoms. The highest BCUT2D eigenvalue weighted by atomic mass is 35.5. The second-order valence-electron chi connectivity index (χ2n) is 8.83. The maximum Gasteiger partial charge on any atom is 0.256 e. The second-order valence-corrected chi connectivity index (χ2v) is 9.67. The monoisotopic (exact) mass is 513 g/mol. The first-order valence-corrected chi connectivity index (χ1v) is 12.3. The molecule has 3 aromatic rings. The summed E-state index contributed by atoms with van der Waals surface area (Å²) in [5.41, 5.74) is 3.71. The molecular formula is C28H29Cl2NO4. The molecule has 7 heteroatoms. The molecule has 3 aromatic carbocycles. The van der Waals surface area contributed by atoms with E-state index in [0.717, 1.165) is 16.9 Å². The maximum atomic E-state index is 13.6. The van der Waals surface area contributed by atoms with E-state index in [2.05, 4.69) is 26.0 Å². The normalized spacial score (nSPS) is 15.1. The fourth-order valence-corrected chi connectivity index (χ4v) is 4.88. The molecule has 1 atom stereocenters. The van der Waals surface area contributed by atoms with Gasteiger partial charge in [-0.2, -0.15) is 0 Å². The van der Waals surface area contributed by atoms with E-state index in [1.807, 2.05) is 29.2 Å². The van der Waals surface area contributed by atoms with Crippen molar-refractivity contribution in [2.75, 3.05) is 27.4 Å². The highest BCUT2D eigenvalue weighted by molar-refractivity contribution is 6.36. The Bertz CT molecular complexity index is 1210. The van der Waals surface area contributed by atoms with E-state index in [-0.39, 0.29) is 18.6 Å². The third-order valence-electron chi connectivity index (χ3n) is 6.38. The van der Waals surface area contributed by atoms with Crippen LogP contribution in [0.25, 0.3) is 0 Å². The van der Waals surface area contributed by atoms with Gasteiger partial charge in [-0.25, -0.2) is 0 Å². The molecule has 0 saturated heterocycles. The highest BCUT2D eigenvalue weighted by Gasteiger charge is 2.34. The Kier molecular flexibility index (Phi) is 7.78. The zero-order valence-electron chi connectivity index (χ0n) is 20.3. The zero-order chi connectivity index (χ0) is 25.1. The second kappa shape index (κ2) is 10.8. The van der Waals surface area contributed by atoms with E-state index in [9.17, 15) is 4.79 Å². The third-order valence-corrected chi connectivity index (χ3v) is 6.93. The van der Waals surface area contributed by atoms with Crippen LogP contribution in [0.1, 0.15) is 52.9 Å². The van der Waals surface area contributed by atoms with Gasteiger partial charge in [0, 0.05) is 11.6 Å². The summed E-state index contributed by atoms with van der Waals surface area (Å²) in [4.78, 5) is 15.5. The van der Waals surface area contributed by atoms with Crippen LogP contribution in [-0.2, 0) is 6.42 Å². The van der Waals surface area contributed by atoms with Crippen molar-refractivity contribution in [2.24, 2.45) is 0 Å². The van der Waals surface area contributed by atoms with Gasteiger partial charge >= 0.3 is 0 Å². The van der Waals surface area contributed by atoms with Gasteiger partial charge in [0.2, 0.25) is 0 Å². The van der Waals surface area contributed by atoms with E-state index >= 15 is 0 Å². The summed E-state index contributed by atoms with van der Waals surface area (Å²) in [5, 5.41) is 0.807. The molecule has 184 valence electrons. The van der Waals surface area contributed by atoms with Crippen LogP contribution >= 0.6 is 23.2 Å². The van der Waals surface area contributed by atoms with Gasteiger partial charge in [0.25, 0.3) is 5.91 Å². The fraction of sp³-hybridized carbons (Fsp3) is 0.321. The van der Waals surface area contributed by atoms with Crippen molar-refractivity contribution in [3.63, 3.8) is 0 Å². The number of amides is 1. The molecule has 1 amide bonds. The van der Waals surface area contributed by atoms with Crippen LogP contribution in [-0.4, -0.2) is 38.2 Å². The predicted octanol–water partition coefficient (Wildman–Crippen LogP) is 6.95. The Morgan fingerprint density at radius 2 is 1.69 bits per heavy atom. The van der Waals surface area contributed by atoms with Crippen molar-refractivity contribution in [1.82, 2.24) is 4.90 Å². The molecule has 1 unspecified atom stereocenters. The largest absolute Gasteiger partial charge is 0.493 e. The lowest BCUT2D eigenvalue weighted by Crippen LogP contribution is -2.42. The molecule has 1 aliphatic heterocycles. The van der Waals surface area contributed by atoms with Crippen LogP contribution in [0.15, 0.2) is 54.6 Å². The number of carbonyl (C=O) groups excluding carboxylic acids is 1. The first kappa shape index (κ1) is 25.2. The number of hydrogen-bond donors (Lipinski definition) is 0. The number of halogens is 2. The average Bonchev–Trinajstić information content (AvgIpc) is 2.86. The molecule has 0 spiro atoms. The van der Waals surface area contributed by atoms with Gasteiger partial charge in [0.15, 0.2) is 11.5 Å². The van der Waals surface area contributed by atoms with E-state index in [4.69, 9.17) is 37.4 Å². The highest BCUT2D eigenvalue weighted by Crippen LogP contribution is 2.39. The number of nitrogens with zero attached hydrogens (tertiary/aromatic N) is 1. The maximum absolute atomic E-state index is 13.6. The molecule has 35 heavy (non-hydrogen) atoms. The number of ether oxygens (including phenoxy) is 3. The van der Waals surface area contributed by atoms with E-state index < -0.39 is 0 Å². The van der Waals surface area contributed by atoms with Crippen LogP contribution in [0.4, 0.5) is 0 Å². The van der Waals surface area contributed by atoms with Crippen LogP contribution in [0.2, 0.25) is 10.0 Å². The molecule has 0 aliphatic carbocycles. The molecule has 0 N–H and O–H groups in total. The molecular weight excluding hydrogens is 485 g/mol. The van der Waals surface area contributed by atoms with Crippen LogP contribution < -0.4 is 14.2 Å². The van der Waals surface area contributed by atoms with E-state index in [0.29, 0.717) is 46.0 Å². The standard InChI is InChI=1S/C28H29Cl2NO4/c1-17(2)18-5-8-21(9-6-18)35-16-25-23-15-27(34-4)26(33-3)13-19(23)11-12-31(25)28(32)22-10-7-20(29)14-24(22)30/h5-10,13-15,17,25H,11-12,16H2,1-4H3. The number of fused-ring (bicyclic) bond motifs is 1. The van der Waals surface area contributed by atoms with E-state index in [1.165, 1.54) is 5.56 Å². The third kappa shape index (κ3) is 5.36. The lowest BCUT2D eigenvalue weighted by Gasteiger charge is -2.38. The van der Waals surface area contributed by atoms with Crippen molar-refractivity contribution in [3.05, 3.63) is 86.9 Å². The van der Waals surface area contributed by atoms with E-state index in [1.54, 1.807) is 32.4 Å². The Balaban J connectivity index is 1.69. The average molecular weight is 514 g/mol. The smallest absolute Gasteiger partial charge is 0.256 e. The predicted molar refractivity (Wildman–Crippen MR) is 140 cm³/mol. The summed E-state index contributed by atoms with van der Waals surface area (Å²) in [6.45, 7) is 5.10. The quantitative estimate of drug-likeness (QED) is 0.342. The van der Waals surface area contributed by atoms with Gasteiger partial charge in [0.05, 0.1) is 30.8 Å². The Labute approximate surface area is 216 Å². The number of benzene rings is 3. The van der Waals surface area contributed by atoms with Gasteiger partial charge in [-0.15, -0.1) is 0 Å². The van der Waals surface area contributed by atoms with Crippen molar-refractivity contribution < 1.29 is 19.0 Å².